The minimum Gasteiger partial charge on any atom is -0.362 e. The fraction of sp³-hybridized carbons (Fsp3) is 0.909. The van der Waals surface area contributed by atoms with E-state index in [0.29, 0.717) is 12.5 Å². The molecule has 0 aromatic heterocycles. The summed E-state index contributed by atoms with van der Waals surface area (Å²) < 4.78 is 39.5. The van der Waals surface area contributed by atoms with Crippen LogP contribution in [-0.2, 0) is 9.53 Å². The lowest BCUT2D eigenvalue weighted by atomic mass is 10.0. The number of halogens is 4. The molecule has 0 fully saturated rings. The summed E-state index contributed by atoms with van der Waals surface area (Å²) in [5, 5.41) is 3.43. The highest BCUT2D eigenvalue weighted by atomic mass is 79.9. The molecule has 3 nitrogen and oxygen atoms in total. The van der Waals surface area contributed by atoms with Crippen molar-refractivity contribution in [3.63, 3.8) is 0 Å². The average Bonchev–Trinajstić information content (AvgIpc) is 2.25. The molecule has 0 aromatic rings. The first kappa shape index (κ1) is 17.7. The summed E-state index contributed by atoms with van der Waals surface area (Å²) in [5.74, 6) is -0.157. The van der Waals surface area contributed by atoms with E-state index in [9.17, 15) is 18.0 Å². The Bertz CT molecular complexity index is 231. The second-order valence-electron chi connectivity index (χ2n) is 4.04. The highest BCUT2D eigenvalue weighted by Gasteiger charge is 2.27. The van der Waals surface area contributed by atoms with E-state index >= 15 is 0 Å². The van der Waals surface area contributed by atoms with Crippen LogP contribution in [0.4, 0.5) is 13.2 Å². The van der Waals surface area contributed by atoms with Gasteiger partial charge in [-0.05, 0) is 18.8 Å². The molecular formula is C11H19BrF3NO2. The molecule has 18 heavy (non-hydrogen) atoms. The number of carbonyl (C=O) groups is 1. The first-order valence-corrected chi connectivity index (χ1v) is 6.98. The predicted octanol–water partition coefficient (Wildman–Crippen LogP) is 2.88. The van der Waals surface area contributed by atoms with Crippen molar-refractivity contribution in [2.45, 2.75) is 32.4 Å². The van der Waals surface area contributed by atoms with Crippen molar-refractivity contribution in [1.29, 1.82) is 0 Å². The third-order valence-corrected chi connectivity index (χ3v) is 2.76. The maximum absolute atomic E-state index is 11.8. The Morgan fingerprint density at radius 3 is 2.56 bits per heavy atom. The third kappa shape index (κ3) is 10.8. The molecule has 7 heteroatoms. The molecule has 0 heterocycles. The lowest BCUT2D eigenvalue weighted by Crippen LogP contribution is -2.33. The Kier molecular flexibility index (Phi) is 9.45. The quantitative estimate of drug-likeness (QED) is 0.659. The summed E-state index contributed by atoms with van der Waals surface area (Å²) in [4.78, 5) is 11.2. The number of rotatable bonds is 9. The number of hydrogen-bond donors (Lipinski definition) is 1. The lowest BCUT2D eigenvalue weighted by Gasteiger charge is -2.15. The van der Waals surface area contributed by atoms with Gasteiger partial charge in [-0.3, -0.25) is 4.79 Å². The summed E-state index contributed by atoms with van der Waals surface area (Å²) >= 11 is 3.33. The maximum Gasteiger partial charge on any atom is 0.411 e. The summed E-state index contributed by atoms with van der Waals surface area (Å²) in [6.45, 7) is 0.593. The van der Waals surface area contributed by atoms with Gasteiger partial charge >= 0.3 is 6.18 Å². The zero-order valence-corrected chi connectivity index (χ0v) is 11.9. The van der Waals surface area contributed by atoms with Crippen LogP contribution >= 0.6 is 15.9 Å². The standard InChI is InChI=1S/C11H19BrF3NO2/c1-2-3-9(4-5-12)6-16-10(17)7-18-8-11(13,14)15/h9H,2-8H2,1H3,(H,16,17). The van der Waals surface area contributed by atoms with E-state index in [2.05, 4.69) is 32.9 Å². The van der Waals surface area contributed by atoms with Gasteiger partial charge in [-0.15, -0.1) is 0 Å². The van der Waals surface area contributed by atoms with Gasteiger partial charge in [0.05, 0.1) is 0 Å². The molecular weight excluding hydrogens is 315 g/mol. The topological polar surface area (TPSA) is 38.3 Å². The second-order valence-corrected chi connectivity index (χ2v) is 4.84. The summed E-state index contributed by atoms with van der Waals surface area (Å²) in [6.07, 6.45) is -1.47. The number of nitrogens with one attached hydrogen (secondary N) is 1. The molecule has 0 aliphatic heterocycles. The minimum atomic E-state index is -4.39. The molecule has 0 saturated carbocycles. The fourth-order valence-corrected chi connectivity index (χ4v) is 2.13. The van der Waals surface area contributed by atoms with Crippen LogP contribution < -0.4 is 5.32 Å². The van der Waals surface area contributed by atoms with Crippen LogP contribution in [0, 0.1) is 5.92 Å². The molecule has 1 N–H and O–H groups in total. The monoisotopic (exact) mass is 333 g/mol. The first-order chi connectivity index (χ1) is 8.39. The minimum absolute atomic E-state index is 0.348. The average molecular weight is 334 g/mol. The van der Waals surface area contributed by atoms with Crippen LogP contribution in [-0.4, -0.2) is 37.2 Å². The normalized spacial score (nSPS) is 13.4. The molecule has 108 valence electrons. The summed E-state index contributed by atoms with van der Waals surface area (Å²) in [7, 11) is 0. The Morgan fingerprint density at radius 1 is 1.39 bits per heavy atom. The van der Waals surface area contributed by atoms with Gasteiger partial charge in [0.1, 0.15) is 13.2 Å². The number of amides is 1. The lowest BCUT2D eigenvalue weighted by molar-refractivity contribution is -0.175. The molecule has 0 spiro atoms. The number of alkyl halides is 4. The summed E-state index contributed by atoms with van der Waals surface area (Å²) in [5.41, 5.74) is 0. The third-order valence-electron chi connectivity index (χ3n) is 2.30. The highest BCUT2D eigenvalue weighted by Crippen LogP contribution is 2.14. The summed E-state index contributed by atoms with van der Waals surface area (Å²) in [6, 6.07) is 0. The van der Waals surface area contributed by atoms with E-state index in [1.54, 1.807) is 0 Å². The fourth-order valence-electron chi connectivity index (χ4n) is 1.48. The second kappa shape index (κ2) is 9.61. The van der Waals surface area contributed by atoms with Crippen molar-refractivity contribution in [3.8, 4) is 0 Å². The van der Waals surface area contributed by atoms with Crippen LogP contribution in [0.2, 0.25) is 0 Å². The van der Waals surface area contributed by atoms with Gasteiger partial charge in [-0.2, -0.15) is 13.2 Å². The van der Waals surface area contributed by atoms with Crippen LogP contribution in [0.15, 0.2) is 0 Å². The van der Waals surface area contributed by atoms with E-state index in [0.717, 1.165) is 24.6 Å². The van der Waals surface area contributed by atoms with Gasteiger partial charge in [-0.25, -0.2) is 0 Å². The van der Waals surface area contributed by atoms with E-state index in [4.69, 9.17) is 0 Å². The zero-order valence-electron chi connectivity index (χ0n) is 10.4. The molecule has 1 atom stereocenters. The van der Waals surface area contributed by atoms with Gasteiger partial charge in [0.2, 0.25) is 5.91 Å². The van der Waals surface area contributed by atoms with Crippen molar-refractivity contribution in [1.82, 2.24) is 5.32 Å². The number of carbonyl (C=O) groups excluding carboxylic acids is 1. The van der Waals surface area contributed by atoms with E-state index < -0.39 is 25.3 Å². The van der Waals surface area contributed by atoms with E-state index in [1.165, 1.54) is 0 Å². The number of hydrogen-bond acceptors (Lipinski definition) is 2. The van der Waals surface area contributed by atoms with Crippen LogP contribution in [0.25, 0.3) is 0 Å². The van der Waals surface area contributed by atoms with Gasteiger partial charge in [0, 0.05) is 11.9 Å². The van der Waals surface area contributed by atoms with Crippen LogP contribution in [0.5, 0.6) is 0 Å². The van der Waals surface area contributed by atoms with Crippen LogP contribution in [0.3, 0.4) is 0 Å². The Hall–Kier alpha value is -0.300. The molecule has 0 aliphatic rings. The Labute approximate surface area is 114 Å². The Balaban J connectivity index is 3.73. The van der Waals surface area contributed by atoms with E-state index in [1.807, 2.05) is 0 Å². The van der Waals surface area contributed by atoms with Crippen molar-refractivity contribution >= 4 is 21.8 Å². The first-order valence-electron chi connectivity index (χ1n) is 5.86. The molecule has 0 radical (unpaired) electrons. The van der Waals surface area contributed by atoms with Gasteiger partial charge < -0.3 is 10.1 Å². The van der Waals surface area contributed by atoms with Gasteiger partial charge in [0.25, 0.3) is 0 Å². The number of ether oxygens (including phenoxy) is 1. The predicted molar refractivity (Wildman–Crippen MR) is 66.7 cm³/mol. The molecule has 0 aliphatic carbocycles. The van der Waals surface area contributed by atoms with Crippen molar-refractivity contribution in [2.24, 2.45) is 5.92 Å². The van der Waals surface area contributed by atoms with Crippen molar-refractivity contribution in [2.75, 3.05) is 25.1 Å². The highest BCUT2D eigenvalue weighted by molar-refractivity contribution is 9.09. The van der Waals surface area contributed by atoms with Crippen LogP contribution in [0.1, 0.15) is 26.2 Å². The van der Waals surface area contributed by atoms with Crippen molar-refractivity contribution < 1.29 is 22.7 Å². The molecule has 1 amide bonds. The van der Waals surface area contributed by atoms with E-state index in [-0.39, 0.29) is 0 Å². The smallest absolute Gasteiger partial charge is 0.362 e. The molecule has 0 aromatic carbocycles. The maximum atomic E-state index is 11.8. The van der Waals surface area contributed by atoms with Gasteiger partial charge in [-0.1, -0.05) is 29.3 Å². The SMILES string of the molecule is CCCC(CCBr)CNC(=O)COCC(F)(F)F. The van der Waals surface area contributed by atoms with Crippen molar-refractivity contribution in [3.05, 3.63) is 0 Å². The molecule has 0 bridgehead atoms. The molecule has 0 rings (SSSR count). The largest absolute Gasteiger partial charge is 0.411 e. The molecule has 0 saturated heterocycles. The zero-order chi connectivity index (χ0) is 14.0. The van der Waals surface area contributed by atoms with Gasteiger partial charge in [0.15, 0.2) is 0 Å². The molecule has 1 unspecified atom stereocenters. The Morgan fingerprint density at radius 2 is 2.06 bits per heavy atom.